The summed E-state index contributed by atoms with van der Waals surface area (Å²) in [6, 6.07) is 11.7. The molecule has 0 atom stereocenters. The molecular formula is C18H18N2O2S. The quantitative estimate of drug-likeness (QED) is 0.785. The highest BCUT2D eigenvalue weighted by Gasteiger charge is 2.10. The first-order chi connectivity index (χ1) is 11.0. The highest BCUT2D eigenvalue weighted by molar-refractivity contribution is 7.22. The van der Waals surface area contributed by atoms with Gasteiger partial charge in [0.1, 0.15) is 5.75 Å². The van der Waals surface area contributed by atoms with Crippen molar-refractivity contribution < 1.29 is 9.53 Å². The highest BCUT2D eigenvalue weighted by Crippen LogP contribution is 2.28. The number of rotatable bonds is 4. The van der Waals surface area contributed by atoms with E-state index in [2.05, 4.69) is 36.3 Å². The fourth-order valence-electron chi connectivity index (χ4n) is 2.36. The molecule has 0 saturated carbocycles. The van der Waals surface area contributed by atoms with Crippen LogP contribution < -0.4 is 10.1 Å². The molecule has 3 aromatic rings. The van der Waals surface area contributed by atoms with Gasteiger partial charge in [0.2, 0.25) is 5.91 Å². The molecule has 0 fully saturated rings. The topological polar surface area (TPSA) is 51.2 Å². The minimum atomic E-state index is -0.0780. The molecule has 0 aliphatic rings. The van der Waals surface area contributed by atoms with Crippen molar-refractivity contribution in [3.63, 3.8) is 0 Å². The second-order valence-electron chi connectivity index (χ2n) is 5.50. The van der Waals surface area contributed by atoms with E-state index in [1.165, 1.54) is 22.5 Å². The van der Waals surface area contributed by atoms with Crippen molar-refractivity contribution >= 4 is 32.6 Å². The Morgan fingerprint density at radius 2 is 2.00 bits per heavy atom. The first kappa shape index (κ1) is 15.5. The third-order valence-electron chi connectivity index (χ3n) is 3.75. The van der Waals surface area contributed by atoms with E-state index in [1.807, 2.05) is 24.3 Å². The van der Waals surface area contributed by atoms with Crippen molar-refractivity contribution in [3.05, 3.63) is 53.1 Å². The molecule has 1 heterocycles. The summed E-state index contributed by atoms with van der Waals surface area (Å²) in [7, 11) is 1.62. The molecule has 1 amide bonds. The van der Waals surface area contributed by atoms with Gasteiger partial charge < -0.3 is 10.1 Å². The average Bonchev–Trinajstić information content (AvgIpc) is 2.88. The zero-order chi connectivity index (χ0) is 16.4. The van der Waals surface area contributed by atoms with Gasteiger partial charge in [-0.1, -0.05) is 23.5 Å². The first-order valence-electron chi connectivity index (χ1n) is 7.36. The van der Waals surface area contributed by atoms with Crippen molar-refractivity contribution in [2.75, 3.05) is 12.4 Å². The van der Waals surface area contributed by atoms with Gasteiger partial charge in [-0.25, -0.2) is 4.98 Å². The number of ether oxygens (including phenoxy) is 1. The standard InChI is InChI=1S/C18H18N2O2S/c1-11-7-15-16(8-12(11)2)23-18(19-15)20-17(21)10-13-5-4-6-14(9-13)22-3/h4-9H,10H2,1-3H3,(H,19,20,21). The van der Waals surface area contributed by atoms with E-state index in [0.29, 0.717) is 11.6 Å². The van der Waals surface area contributed by atoms with Crippen LogP contribution in [0.1, 0.15) is 16.7 Å². The summed E-state index contributed by atoms with van der Waals surface area (Å²) < 4.78 is 6.26. The number of hydrogen-bond donors (Lipinski definition) is 1. The van der Waals surface area contributed by atoms with Crippen LogP contribution in [0, 0.1) is 13.8 Å². The van der Waals surface area contributed by atoms with Crippen molar-refractivity contribution in [2.45, 2.75) is 20.3 Å². The number of nitrogens with zero attached hydrogens (tertiary/aromatic N) is 1. The minimum Gasteiger partial charge on any atom is -0.497 e. The second-order valence-corrected chi connectivity index (χ2v) is 6.53. The molecule has 1 N–H and O–H groups in total. The van der Waals surface area contributed by atoms with E-state index in [0.717, 1.165) is 21.5 Å². The summed E-state index contributed by atoms with van der Waals surface area (Å²) in [5, 5.41) is 3.52. The summed E-state index contributed by atoms with van der Waals surface area (Å²) >= 11 is 1.50. The molecule has 0 aliphatic carbocycles. The Bertz CT molecular complexity index is 832. The lowest BCUT2D eigenvalue weighted by molar-refractivity contribution is -0.115. The Labute approximate surface area is 139 Å². The van der Waals surface area contributed by atoms with Gasteiger partial charge in [0.25, 0.3) is 0 Å². The predicted molar refractivity (Wildman–Crippen MR) is 94.4 cm³/mol. The molecule has 0 unspecified atom stereocenters. The van der Waals surface area contributed by atoms with Crippen molar-refractivity contribution in [3.8, 4) is 5.75 Å². The van der Waals surface area contributed by atoms with E-state index >= 15 is 0 Å². The third kappa shape index (κ3) is 3.51. The van der Waals surface area contributed by atoms with Gasteiger partial charge >= 0.3 is 0 Å². The van der Waals surface area contributed by atoms with Crippen LogP contribution in [0.4, 0.5) is 5.13 Å². The summed E-state index contributed by atoms with van der Waals surface area (Å²) in [5.41, 5.74) is 4.27. The number of thiazole rings is 1. The summed E-state index contributed by atoms with van der Waals surface area (Å²) in [5.74, 6) is 0.673. The zero-order valence-electron chi connectivity index (χ0n) is 13.3. The number of methoxy groups -OCH3 is 1. The number of hydrogen-bond acceptors (Lipinski definition) is 4. The number of benzene rings is 2. The van der Waals surface area contributed by atoms with E-state index in [4.69, 9.17) is 4.74 Å². The number of fused-ring (bicyclic) bond motifs is 1. The molecule has 118 valence electrons. The van der Waals surface area contributed by atoms with Crippen molar-refractivity contribution in [1.29, 1.82) is 0 Å². The number of carbonyl (C=O) groups is 1. The van der Waals surface area contributed by atoms with E-state index in [-0.39, 0.29) is 5.91 Å². The Balaban J connectivity index is 1.74. The molecule has 0 bridgehead atoms. The molecule has 23 heavy (non-hydrogen) atoms. The van der Waals surface area contributed by atoms with Gasteiger partial charge in [-0.05, 0) is 54.8 Å². The molecule has 0 radical (unpaired) electrons. The molecule has 2 aromatic carbocycles. The maximum absolute atomic E-state index is 12.2. The van der Waals surface area contributed by atoms with E-state index in [1.54, 1.807) is 7.11 Å². The summed E-state index contributed by atoms with van der Waals surface area (Å²) in [4.78, 5) is 16.7. The van der Waals surface area contributed by atoms with Gasteiger partial charge in [0.05, 0.1) is 23.7 Å². The van der Waals surface area contributed by atoms with Gasteiger partial charge in [0, 0.05) is 0 Å². The molecule has 1 aromatic heterocycles. The van der Waals surface area contributed by atoms with Crippen LogP contribution >= 0.6 is 11.3 Å². The maximum atomic E-state index is 12.2. The fraction of sp³-hybridized carbons (Fsp3) is 0.222. The first-order valence-corrected chi connectivity index (χ1v) is 8.17. The number of nitrogens with one attached hydrogen (secondary N) is 1. The second kappa shape index (κ2) is 6.38. The smallest absolute Gasteiger partial charge is 0.230 e. The van der Waals surface area contributed by atoms with Crippen LogP contribution in [0.5, 0.6) is 5.75 Å². The molecule has 3 rings (SSSR count). The number of aromatic nitrogens is 1. The van der Waals surface area contributed by atoms with Crippen molar-refractivity contribution in [2.24, 2.45) is 0 Å². The highest BCUT2D eigenvalue weighted by atomic mass is 32.1. The van der Waals surface area contributed by atoms with E-state index in [9.17, 15) is 4.79 Å². The molecule has 5 heteroatoms. The average molecular weight is 326 g/mol. The minimum absolute atomic E-state index is 0.0780. The maximum Gasteiger partial charge on any atom is 0.230 e. The SMILES string of the molecule is COc1cccc(CC(=O)Nc2nc3cc(C)c(C)cc3s2)c1. The number of aryl methyl sites for hydroxylation is 2. The Morgan fingerprint density at radius 3 is 2.78 bits per heavy atom. The van der Waals surface area contributed by atoms with Crippen LogP contribution in [-0.2, 0) is 11.2 Å². The van der Waals surface area contributed by atoms with E-state index < -0.39 is 0 Å². The largest absolute Gasteiger partial charge is 0.497 e. The predicted octanol–water partition coefficient (Wildman–Crippen LogP) is 4.10. The normalized spacial score (nSPS) is 10.7. The van der Waals surface area contributed by atoms with Gasteiger partial charge in [-0.3, -0.25) is 4.79 Å². The molecule has 0 saturated heterocycles. The van der Waals surface area contributed by atoms with Crippen LogP contribution in [0.3, 0.4) is 0 Å². The lowest BCUT2D eigenvalue weighted by Gasteiger charge is -2.04. The molecular weight excluding hydrogens is 308 g/mol. The van der Waals surface area contributed by atoms with Gasteiger partial charge in [-0.15, -0.1) is 0 Å². The zero-order valence-corrected chi connectivity index (χ0v) is 14.2. The Morgan fingerprint density at radius 1 is 1.22 bits per heavy atom. The lowest BCUT2D eigenvalue weighted by Crippen LogP contribution is -2.14. The molecule has 0 aliphatic heterocycles. The van der Waals surface area contributed by atoms with Crippen LogP contribution in [0.25, 0.3) is 10.2 Å². The van der Waals surface area contributed by atoms with Crippen LogP contribution in [0.15, 0.2) is 36.4 Å². The number of anilines is 1. The van der Waals surface area contributed by atoms with Crippen LogP contribution in [0.2, 0.25) is 0 Å². The molecule has 4 nitrogen and oxygen atoms in total. The van der Waals surface area contributed by atoms with Gasteiger partial charge in [0.15, 0.2) is 5.13 Å². The van der Waals surface area contributed by atoms with Crippen molar-refractivity contribution in [1.82, 2.24) is 4.98 Å². The van der Waals surface area contributed by atoms with Crippen LogP contribution in [-0.4, -0.2) is 18.0 Å². The fourth-order valence-corrected chi connectivity index (χ4v) is 3.33. The third-order valence-corrected chi connectivity index (χ3v) is 4.68. The summed E-state index contributed by atoms with van der Waals surface area (Å²) in [6.07, 6.45) is 0.297. The monoisotopic (exact) mass is 326 g/mol. The summed E-state index contributed by atoms with van der Waals surface area (Å²) in [6.45, 7) is 4.14. The number of carbonyl (C=O) groups excluding carboxylic acids is 1. The lowest BCUT2D eigenvalue weighted by atomic mass is 10.1. The Hall–Kier alpha value is -2.40. The van der Waals surface area contributed by atoms with Gasteiger partial charge in [-0.2, -0.15) is 0 Å². The Kier molecular flexibility index (Phi) is 4.30. The molecule has 0 spiro atoms. The number of amides is 1.